The van der Waals surface area contributed by atoms with Crippen LogP contribution in [0, 0.1) is 0 Å². The number of nitrogens with zero attached hydrogens (tertiary/aromatic N) is 1. The third-order valence-corrected chi connectivity index (χ3v) is 6.87. The molecule has 11 heteroatoms. The average molecular weight is 590 g/mol. The number of hydrogen-bond donors (Lipinski definition) is 0. The average Bonchev–Trinajstić information content (AvgIpc) is 3.22. The molecule has 5 aromatic rings. The number of carbonyl (C=O) groups excluding carboxylic acids is 3. The molecular formula is C31H15ClF3NO6. The Hall–Kier alpha value is -5.22. The first-order chi connectivity index (χ1) is 20.0. The Bertz CT molecular complexity index is 1950. The quantitative estimate of drug-likeness (QED) is 0.126. The van der Waals surface area contributed by atoms with Crippen LogP contribution in [0.4, 0.5) is 18.9 Å². The molecule has 0 unspecified atom stereocenters. The van der Waals surface area contributed by atoms with Crippen molar-refractivity contribution in [3.8, 4) is 16.9 Å². The smallest absolute Gasteiger partial charge is 0.450 e. The SMILES string of the molecule is O=C(Oc1ccc2c(=O)c(-c3ccc(Cl)cc3)c(C(F)(F)F)oc2c1)c1ccc(N2C(=O)c3ccccc3C2=O)cc1. The molecule has 0 spiro atoms. The summed E-state index contributed by atoms with van der Waals surface area (Å²) in [7, 11) is 0. The monoisotopic (exact) mass is 589 g/mol. The molecule has 0 N–H and O–H groups in total. The van der Waals surface area contributed by atoms with Gasteiger partial charge in [-0.1, -0.05) is 35.9 Å². The molecule has 1 aromatic heterocycles. The van der Waals surface area contributed by atoms with Crippen LogP contribution >= 0.6 is 11.6 Å². The first-order valence-corrected chi connectivity index (χ1v) is 12.6. The van der Waals surface area contributed by atoms with Gasteiger partial charge in [-0.3, -0.25) is 14.4 Å². The number of imide groups is 1. The number of amides is 2. The highest BCUT2D eigenvalue weighted by Crippen LogP contribution is 2.38. The lowest BCUT2D eigenvalue weighted by molar-refractivity contribution is -0.152. The molecule has 1 aliphatic heterocycles. The van der Waals surface area contributed by atoms with Crippen molar-refractivity contribution in [2.75, 3.05) is 4.90 Å². The van der Waals surface area contributed by atoms with Crippen LogP contribution in [-0.2, 0) is 6.18 Å². The summed E-state index contributed by atoms with van der Waals surface area (Å²) in [6.07, 6.45) is -5.00. The molecule has 2 amide bonds. The Morgan fingerprint density at radius 2 is 1.43 bits per heavy atom. The Morgan fingerprint density at radius 1 is 0.810 bits per heavy atom. The van der Waals surface area contributed by atoms with Crippen LogP contribution in [0.1, 0.15) is 36.8 Å². The Labute approximate surface area is 239 Å². The first-order valence-electron chi connectivity index (χ1n) is 12.3. The van der Waals surface area contributed by atoms with Crippen LogP contribution < -0.4 is 15.1 Å². The summed E-state index contributed by atoms with van der Waals surface area (Å²) in [6, 6.07) is 20.6. The Kier molecular flexibility index (Phi) is 6.42. The molecule has 0 saturated carbocycles. The summed E-state index contributed by atoms with van der Waals surface area (Å²) in [5.74, 6) is -3.55. The fraction of sp³-hybridized carbons (Fsp3) is 0.0323. The van der Waals surface area contributed by atoms with E-state index in [0.717, 1.165) is 11.0 Å². The molecule has 4 aromatic carbocycles. The molecule has 7 nitrogen and oxygen atoms in total. The van der Waals surface area contributed by atoms with Gasteiger partial charge < -0.3 is 9.15 Å². The van der Waals surface area contributed by atoms with Crippen LogP contribution in [0.15, 0.2) is 100 Å². The summed E-state index contributed by atoms with van der Waals surface area (Å²) >= 11 is 5.84. The summed E-state index contributed by atoms with van der Waals surface area (Å²) in [5, 5.41) is 0.125. The minimum Gasteiger partial charge on any atom is -0.450 e. The number of alkyl halides is 3. The molecule has 0 saturated heterocycles. The number of halogens is 4. The highest BCUT2D eigenvalue weighted by Gasteiger charge is 2.39. The Balaban J connectivity index is 1.28. The van der Waals surface area contributed by atoms with E-state index in [-0.39, 0.29) is 44.1 Å². The maximum Gasteiger partial charge on any atom is 0.450 e. The summed E-state index contributed by atoms with van der Waals surface area (Å²) < 4.78 is 52.3. The maximum absolute atomic E-state index is 13.9. The van der Waals surface area contributed by atoms with Gasteiger partial charge >= 0.3 is 12.1 Å². The van der Waals surface area contributed by atoms with E-state index in [4.69, 9.17) is 20.8 Å². The molecule has 0 fully saturated rings. The van der Waals surface area contributed by atoms with E-state index < -0.39 is 46.3 Å². The van der Waals surface area contributed by atoms with E-state index in [1.54, 1.807) is 24.3 Å². The molecule has 42 heavy (non-hydrogen) atoms. The lowest BCUT2D eigenvalue weighted by atomic mass is 10.0. The van der Waals surface area contributed by atoms with E-state index in [9.17, 15) is 32.3 Å². The van der Waals surface area contributed by atoms with Gasteiger partial charge in [-0.15, -0.1) is 0 Å². The van der Waals surface area contributed by atoms with Crippen LogP contribution in [-0.4, -0.2) is 17.8 Å². The second-order valence-corrected chi connectivity index (χ2v) is 9.66. The number of carbonyl (C=O) groups is 3. The maximum atomic E-state index is 13.9. The number of hydrogen-bond acceptors (Lipinski definition) is 6. The third kappa shape index (κ3) is 4.61. The van der Waals surface area contributed by atoms with E-state index in [2.05, 4.69) is 0 Å². The minimum atomic E-state index is -5.00. The molecule has 0 aliphatic carbocycles. The summed E-state index contributed by atoms with van der Waals surface area (Å²) in [5.41, 5.74) is -1.25. The van der Waals surface area contributed by atoms with Gasteiger partial charge in [0, 0.05) is 11.1 Å². The molecular weight excluding hydrogens is 575 g/mol. The lowest BCUT2D eigenvalue weighted by Gasteiger charge is -2.14. The van der Waals surface area contributed by atoms with Crippen molar-refractivity contribution in [1.82, 2.24) is 0 Å². The second-order valence-electron chi connectivity index (χ2n) is 9.23. The van der Waals surface area contributed by atoms with Gasteiger partial charge in [0.05, 0.1) is 33.3 Å². The number of fused-ring (bicyclic) bond motifs is 2. The normalized spacial score (nSPS) is 13.0. The van der Waals surface area contributed by atoms with Crippen molar-refractivity contribution in [3.05, 3.63) is 129 Å². The molecule has 2 heterocycles. The largest absolute Gasteiger partial charge is 0.450 e. The van der Waals surface area contributed by atoms with Crippen LogP contribution in [0.25, 0.3) is 22.1 Å². The van der Waals surface area contributed by atoms with Gasteiger partial charge in [-0.05, 0) is 66.2 Å². The van der Waals surface area contributed by atoms with Gasteiger partial charge in [0.15, 0.2) is 0 Å². The predicted octanol–water partition coefficient (Wildman–Crippen LogP) is 7.15. The molecule has 208 valence electrons. The zero-order valence-electron chi connectivity index (χ0n) is 21.1. The molecule has 0 atom stereocenters. The number of ether oxygens (including phenoxy) is 1. The topological polar surface area (TPSA) is 93.9 Å². The number of benzene rings is 4. The summed E-state index contributed by atoms with van der Waals surface area (Å²) in [6.45, 7) is 0. The summed E-state index contributed by atoms with van der Waals surface area (Å²) in [4.78, 5) is 52.3. The van der Waals surface area contributed by atoms with Crippen molar-refractivity contribution in [2.24, 2.45) is 0 Å². The van der Waals surface area contributed by atoms with E-state index in [0.29, 0.717) is 0 Å². The minimum absolute atomic E-state index is 0.0254. The standard InChI is InChI=1S/C31H15ClF3NO6/c32-18-9-5-16(6-10-18)25-26(37)23-14-13-20(15-24(23)42-27(25)31(33,34)35)41-30(40)17-7-11-19(12-8-17)36-28(38)21-3-1-2-4-22(21)29(36)39/h1-15H. The lowest BCUT2D eigenvalue weighted by Crippen LogP contribution is -2.29. The van der Waals surface area contributed by atoms with Crippen LogP contribution in [0.5, 0.6) is 5.75 Å². The predicted molar refractivity (Wildman–Crippen MR) is 147 cm³/mol. The van der Waals surface area contributed by atoms with Crippen molar-refractivity contribution < 1.29 is 36.7 Å². The molecule has 0 bridgehead atoms. The highest BCUT2D eigenvalue weighted by atomic mass is 35.5. The van der Waals surface area contributed by atoms with E-state index >= 15 is 0 Å². The van der Waals surface area contributed by atoms with Gasteiger partial charge in [-0.2, -0.15) is 13.2 Å². The Morgan fingerprint density at radius 3 is 2.02 bits per heavy atom. The zero-order chi connectivity index (χ0) is 29.8. The van der Waals surface area contributed by atoms with Crippen molar-refractivity contribution in [3.63, 3.8) is 0 Å². The van der Waals surface area contributed by atoms with E-state index in [1.165, 1.54) is 60.7 Å². The fourth-order valence-corrected chi connectivity index (χ4v) is 4.78. The van der Waals surface area contributed by atoms with Gasteiger partial charge in [-0.25, -0.2) is 9.69 Å². The van der Waals surface area contributed by atoms with Crippen molar-refractivity contribution in [1.29, 1.82) is 0 Å². The number of rotatable bonds is 4. The van der Waals surface area contributed by atoms with Crippen molar-refractivity contribution in [2.45, 2.75) is 6.18 Å². The number of anilines is 1. The van der Waals surface area contributed by atoms with Gasteiger partial charge in [0.2, 0.25) is 11.2 Å². The number of esters is 1. The van der Waals surface area contributed by atoms with Gasteiger partial charge in [0.25, 0.3) is 11.8 Å². The molecule has 6 rings (SSSR count). The third-order valence-electron chi connectivity index (χ3n) is 6.62. The zero-order valence-corrected chi connectivity index (χ0v) is 21.8. The van der Waals surface area contributed by atoms with Crippen LogP contribution in [0.2, 0.25) is 5.02 Å². The molecule has 0 radical (unpaired) electrons. The van der Waals surface area contributed by atoms with Crippen molar-refractivity contribution >= 4 is 46.0 Å². The van der Waals surface area contributed by atoms with E-state index in [1.807, 2.05) is 0 Å². The first kappa shape index (κ1) is 27.0. The fourth-order valence-electron chi connectivity index (χ4n) is 4.65. The highest BCUT2D eigenvalue weighted by molar-refractivity contribution is 6.34. The molecule has 1 aliphatic rings. The second kappa shape index (κ2) is 10.0. The van der Waals surface area contributed by atoms with Crippen LogP contribution in [0.3, 0.4) is 0 Å². The van der Waals surface area contributed by atoms with Gasteiger partial charge in [0.1, 0.15) is 11.3 Å².